The lowest BCUT2D eigenvalue weighted by Crippen LogP contribution is -2.38. The second-order valence-corrected chi connectivity index (χ2v) is 4.06. The monoisotopic (exact) mass is 256 g/mol. The summed E-state index contributed by atoms with van der Waals surface area (Å²) in [6.07, 6.45) is 0. The van der Waals surface area contributed by atoms with Gasteiger partial charge in [-0.05, 0) is 17.7 Å². The molecule has 0 saturated heterocycles. The van der Waals surface area contributed by atoms with E-state index in [4.69, 9.17) is 15.6 Å². The quantitative estimate of drug-likeness (QED) is 0.721. The highest BCUT2D eigenvalue weighted by molar-refractivity contribution is 5.20. The summed E-state index contributed by atoms with van der Waals surface area (Å²) >= 11 is 0. The number of methoxy groups -OCH3 is 1. The van der Waals surface area contributed by atoms with E-state index in [-0.39, 0.29) is 18.5 Å². The number of aliphatic hydroxyl groups excluding tert-OH is 1. The van der Waals surface area contributed by atoms with Crippen LogP contribution in [-0.4, -0.2) is 50.0 Å². The van der Waals surface area contributed by atoms with E-state index in [1.165, 1.54) is 12.1 Å². The largest absolute Gasteiger partial charge is 0.395 e. The second-order valence-electron chi connectivity index (χ2n) is 4.06. The first-order valence-corrected chi connectivity index (χ1v) is 6.02. The van der Waals surface area contributed by atoms with Crippen molar-refractivity contribution in [2.24, 2.45) is 5.73 Å². The van der Waals surface area contributed by atoms with Crippen LogP contribution in [0.5, 0.6) is 0 Å². The Kier molecular flexibility index (Phi) is 6.82. The lowest BCUT2D eigenvalue weighted by Gasteiger charge is -2.30. The van der Waals surface area contributed by atoms with Crippen LogP contribution in [0.1, 0.15) is 11.6 Å². The Morgan fingerprint density at radius 2 is 2.00 bits per heavy atom. The van der Waals surface area contributed by atoms with Crippen LogP contribution >= 0.6 is 0 Å². The molecule has 0 fully saturated rings. The van der Waals surface area contributed by atoms with E-state index in [1.54, 1.807) is 19.2 Å². The van der Waals surface area contributed by atoms with Crippen molar-refractivity contribution in [2.75, 3.05) is 40.0 Å². The van der Waals surface area contributed by atoms with Crippen molar-refractivity contribution >= 4 is 0 Å². The molecule has 0 saturated carbocycles. The highest BCUT2D eigenvalue weighted by Crippen LogP contribution is 2.19. The zero-order valence-corrected chi connectivity index (χ0v) is 10.7. The summed E-state index contributed by atoms with van der Waals surface area (Å²) in [6.45, 7) is 2.23. The Morgan fingerprint density at radius 3 is 2.50 bits per heavy atom. The number of nitrogens with zero attached hydrogens (tertiary/aromatic N) is 1. The molecule has 1 rings (SSSR count). The molecule has 0 radical (unpaired) electrons. The van der Waals surface area contributed by atoms with Crippen molar-refractivity contribution in [1.82, 2.24) is 4.90 Å². The minimum absolute atomic E-state index is 0.0344. The standard InChI is InChI=1S/C13H21FN2O2/c1-18-9-7-16(6-8-17)13(10-15)11-2-4-12(14)5-3-11/h2-5,13,17H,6-10,15H2,1H3. The molecule has 5 heteroatoms. The molecule has 3 N–H and O–H groups in total. The van der Waals surface area contributed by atoms with Gasteiger partial charge in [-0.1, -0.05) is 12.1 Å². The highest BCUT2D eigenvalue weighted by Gasteiger charge is 2.18. The van der Waals surface area contributed by atoms with Gasteiger partial charge in [-0.3, -0.25) is 4.90 Å². The Bertz CT molecular complexity index is 332. The molecule has 0 spiro atoms. The zero-order valence-electron chi connectivity index (χ0n) is 10.7. The summed E-state index contributed by atoms with van der Waals surface area (Å²) in [6, 6.07) is 6.26. The maximum absolute atomic E-state index is 12.9. The Morgan fingerprint density at radius 1 is 1.33 bits per heavy atom. The van der Waals surface area contributed by atoms with Crippen LogP contribution in [0.4, 0.5) is 4.39 Å². The summed E-state index contributed by atoms with van der Waals surface area (Å²) in [5.74, 6) is -0.264. The number of nitrogens with two attached hydrogens (primary N) is 1. The fourth-order valence-corrected chi connectivity index (χ4v) is 1.94. The van der Waals surface area contributed by atoms with Gasteiger partial charge in [-0.2, -0.15) is 0 Å². The van der Waals surface area contributed by atoms with Gasteiger partial charge in [-0.25, -0.2) is 4.39 Å². The van der Waals surface area contributed by atoms with Crippen LogP contribution in [0.2, 0.25) is 0 Å². The lowest BCUT2D eigenvalue weighted by molar-refractivity contribution is 0.103. The summed E-state index contributed by atoms with van der Waals surface area (Å²) in [5, 5.41) is 9.09. The topological polar surface area (TPSA) is 58.7 Å². The van der Waals surface area contributed by atoms with E-state index in [1.807, 2.05) is 4.90 Å². The molecule has 0 aliphatic rings. The first kappa shape index (κ1) is 15.0. The molecule has 0 aromatic heterocycles. The minimum Gasteiger partial charge on any atom is -0.395 e. The van der Waals surface area contributed by atoms with Gasteiger partial charge in [0.05, 0.1) is 13.2 Å². The van der Waals surface area contributed by atoms with E-state index in [0.717, 1.165) is 5.56 Å². The number of aliphatic hydroxyl groups is 1. The molecule has 102 valence electrons. The number of rotatable bonds is 8. The van der Waals surface area contributed by atoms with Crippen molar-refractivity contribution in [2.45, 2.75) is 6.04 Å². The molecule has 1 aromatic rings. The third-order valence-corrected chi connectivity index (χ3v) is 2.89. The first-order chi connectivity index (χ1) is 8.72. The third kappa shape index (κ3) is 4.34. The number of ether oxygens (including phenoxy) is 1. The average molecular weight is 256 g/mol. The molecule has 0 aliphatic carbocycles. The van der Waals surface area contributed by atoms with Gasteiger partial charge in [0.25, 0.3) is 0 Å². The molecule has 0 heterocycles. The van der Waals surface area contributed by atoms with Gasteiger partial charge < -0.3 is 15.6 Å². The van der Waals surface area contributed by atoms with Crippen molar-refractivity contribution in [3.8, 4) is 0 Å². The predicted molar refractivity (Wildman–Crippen MR) is 68.7 cm³/mol. The maximum atomic E-state index is 12.9. The summed E-state index contributed by atoms with van der Waals surface area (Å²) < 4.78 is 17.9. The molecule has 18 heavy (non-hydrogen) atoms. The van der Waals surface area contributed by atoms with Gasteiger partial charge in [0.15, 0.2) is 0 Å². The van der Waals surface area contributed by atoms with Crippen LogP contribution < -0.4 is 5.73 Å². The fourth-order valence-electron chi connectivity index (χ4n) is 1.94. The predicted octanol–water partition coefficient (Wildman–Crippen LogP) is 0.766. The smallest absolute Gasteiger partial charge is 0.123 e. The molecule has 1 atom stereocenters. The van der Waals surface area contributed by atoms with Crippen LogP contribution in [0, 0.1) is 5.82 Å². The van der Waals surface area contributed by atoms with Crippen molar-refractivity contribution in [1.29, 1.82) is 0 Å². The van der Waals surface area contributed by atoms with Gasteiger partial charge in [0.1, 0.15) is 5.82 Å². The zero-order chi connectivity index (χ0) is 13.4. The molecule has 0 amide bonds. The van der Waals surface area contributed by atoms with Crippen LogP contribution in [0.3, 0.4) is 0 Å². The lowest BCUT2D eigenvalue weighted by atomic mass is 10.1. The minimum atomic E-state index is -0.264. The molecule has 0 aliphatic heterocycles. The van der Waals surface area contributed by atoms with Crippen LogP contribution in [0.15, 0.2) is 24.3 Å². The number of halogens is 1. The number of benzene rings is 1. The average Bonchev–Trinajstić information content (AvgIpc) is 2.39. The summed E-state index contributed by atoms with van der Waals surface area (Å²) in [4.78, 5) is 2.04. The van der Waals surface area contributed by atoms with Crippen LogP contribution in [-0.2, 0) is 4.74 Å². The third-order valence-electron chi connectivity index (χ3n) is 2.89. The van der Waals surface area contributed by atoms with E-state index in [0.29, 0.717) is 26.2 Å². The first-order valence-electron chi connectivity index (χ1n) is 6.02. The summed E-state index contributed by atoms with van der Waals surface area (Å²) in [7, 11) is 1.63. The second kappa shape index (κ2) is 8.16. The molecule has 4 nitrogen and oxygen atoms in total. The van der Waals surface area contributed by atoms with Crippen LogP contribution in [0.25, 0.3) is 0 Å². The van der Waals surface area contributed by atoms with Gasteiger partial charge in [0, 0.05) is 32.8 Å². The Balaban J connectivity index is 2.79. The number of hydrogen-bond donors (Lipinski definition) is 2. The molecular weight excluding hydrogens is 235 g/mol. The normalized spacial score (nSPS) is 12.9. The van der Waals surface area contributed by atoms with E-state index in [9.17, 15) is 4.39 Å². The maximum Gasteiger partial charge on any atom is 0.123 e. The molecule has 1 unspecified atom stereocenters. The van der Waals surface area contributed by atoms with E-state index < -0.39 is 0 Å². The molecule has 0 bridgehead atoms. The van der Waals surface area contributed by atoms with E-state index >= 15 is 0 Å². The number of hydrogen-bond acceptors (Lipinski definition) is 4. The van der Waals surface area contributed by atoms with Gasteiger partial charge >= 0.3 is 0 Å². The van der Waals surface area contributed by atoms with E-state index in [2.05, 4.69) is 0 Å². The Hall–Kier alpha value is -1.01. The molecular formula is C13H21FN2O2. The summed E-state index contributed by atoms with van der Waals surface area (Å²) in [5.41, 5.74) is 6.74. The van der Waals surface area contributed by atoms with Gasteiger partial charge in [-0.15, -0.1) is 0 Å². The highest BCUT2D eigenvalue weighted by atomic mass is 19.1. The van der Waals surface area contributed by atoms with Crippen molar-refractivity contribution in [3.05, 3.63) is 35.6 Å². The molecule has 1 aromatic carbocycles. The van der Waals surface area contributed by atoms with Crippen molar-refractivity contribution < 1.29 is 14.2 Å². The van der Waals surface area contributed by atoms with Crippen molar-refractivity contribution in [3.63, 3.8) is 0 Å². The fraction of sp³-hybridized carbons (Fsp3) is 0.538. The van der Waals surface area contributed by atoms with Gasteiger partial charge in [0.2, 0.25) is 0 Å². The Labute approximate surface area is 107 Å². The SMILES string of the molecule is COCCN(CCO)C(CN)c1ccc(F)cc1.